The van der Waals surface area contributed by atoms with Gasteiger partial charge in [0.1, 0.15) is 0 Å². The Hall–Kier alpha value is -1.53. The van der Waals surface area contributed by atoms with Gasteiger partial charge in [-0.25, -0.2) is 0 Å². The van der Waals surface area contributed by atoms with Crippen molar-refractivity contribution >= 4 is 43.8 Å². The first-order valence-corrected chi connectivity index (χ1v) is 7.31. The Balaban J connectivity index is 2.27. The van der Waals surface area contributed by atoms with Crippen LogP contribution in [0.25, 0.3) is 0 Å². The Morgan fingerprint density at radius 3 is 2.60 bits per heavy atom. The number of methoxy groups -OCH3 is 1. The van der Waals surface area contributed by atoms with Crippen LogP contribution in [0, 0.1) is 0 Å². The van der Waals surface area contributed by atoms with Crippen molar-refractivity contribution < 1.29 is 9.84 Å². The highest BCUT2D eigenvalue weighted by Gasteiger charge is 2.14. The number of phenols is 1. The van der Waals surface area contributed by atoms with E-state index in [0.717, 1.165) is 10.2 Å². The van der Waals surface area contributed by atoms with E-state index in [2.05, 4.69) is 42.4 Å². The van der Waals surface area contributed by atoms with Crippen molar-refractivity contribution in [2.45, 2.75) is 0 Å². The highest BCUT2D eigenvalue weighted by molar-refractivity contribution is 9.13. The lowest BCUT2D eigenvalue weighted by atomic mass is 10.2. The van der Waals surface area contributed by atoms with Crippen LogP contribution < -0.4 is 10.2 Å². The molecule has 0 unspecified atom stereocenters. The number of halogens is 2. The molecule has 0 radical (unpaired) electrons. The van der Waals surface area contributed by atoms with E-state index in [9.17, 15) is 5.11 Å². The molecule has 0 saturated heterocycles. The maximum absolute atomic E-state index is 10.1. The van der Waals surface area contributed by atoms with Gasteiger partial charge in [-0.15, -0.1) is 0 Å². The number of benzene rings is 2. The van der Waals surface area contributed by atoms with E-state index >= 15 is 0 Å². The molecule has 104 valence electrons. The molecule has 2 aromatic carbocycles. The summed E-state index contributed by atoms with van der Waals surface area (Å²) < 4.78 is 6.58. The van der Waals surface area contributed by atoms with Gasteiger partial charge in [0.15, 0.2) is 11.5 Å². The number of para-hydroxylation sites is 1. The van der Waals surface area contributed by atoms with Crippen LogP contribution in [0.4, 0.5) is 5.69 Å². The number of ether oxygens (including phenoxy) is 1. The summed E-state index contributed by atoms with van der Waals surface area (Å²) in [5, 5.41) is 14.2. The molecule has 20 heavy (non-hydrogen) atoms. The maximum Gasteiger partial charge on any atom is 0.167 e. The first kappa shape index (κ1) is 14.9. The van der Waals surface area contributed by atoms with Gasteiger partial charge in [0.05, 0.1) is 24.6 Å². The molecule has 0 aromatic heterocycles. The Kier molecular flexibility index (Phi) is 5.03. The summed E-state index contributed by atoms with van der Waals surface area (Å²) in [4.78, 5) is 0. The normalized spacial score (nSPS) is 10.8. The predicted octanol–water partition coefficient (Wildman–Crippen LogP) is 4.37. The second kappa shape index (κ2) is 6.76. The quantitative estimate of drug-likeness (QED) is 0.592. The topological polar surface area (TPSA) is 53.8 Å². The second-order valence-corrected chi connectivity index (χ2v) is 5.52. The molecule has 0 saturated carbocycles. The van der Waals surface area contributed by atoms with Crippen molar-refractivity contribution in [3.63, 3.8) is 0 Å². The van der Waals surface area contributed by atoms with Gasteiger partial charge >= 0.3 is 0 Å². The lowest BCUT2D eigenvalue weighted by Crippen LogP contribution is -1.94. The van der Waals surface area contributed by atoms with E-state index < -0.39 is 0 Å². The Morgan fingerprint density at radius 2 is 1.95 bits per heavy atom. The molecular weight excluding hydrogens is 388 g/mol. The van der Waals surface area contributed by atoms with E-state index in [4.69, 9.17) is 4.74 Å². The number of aromatic hydroxyl groups is 1. The van der Waals surface area contributed by atoms with Crippen LogP contribution in [-0.4, -0.2) is 18.4 Å². The van der Waals surface area contributed by atoms with Gasteiger partial charge in [0.2, 0.25) is 0 Å². The van der Waals surface area contributed by atoms with Gasteiger partial charge < -0.3 is 9.84 Å². The summed E-state index contributed by atoms with van der Waals surface area (Å²) in [6, 6.07) is 11.2. The lowest BCUT2D eigenvalue weighted by molar-refractivity contribution is 0.372. The first-order valence-electron chi connectivity index (χ1n) is 5.72. The van der Waals surface area contributed by atoms with Crippen LogP contribution in [-0.2, 0) is 0 Å². The number of rotatable bonds is 4. The molecule has 0 bridgehead atoms. The largest absolute Gasteiger partial charge is 0.504 e. The van der Waals surface area contributed by atoms with Crippen molar-refractivity contribution in [3.8, 4) is 11.5 Å². The molecule has 0 heterocycles. The Bertz CT molecular complexity index is 631. The fraction of sp³-hybridized carbons (Fsp3) is 0.0714. The van der Waals surface area contributed by atoms with E-state index in [-0.39, 0.29) is 5.75 Å². The fourth-order valence-electron chi connectivity index (χ4n) is 1.57. The molecule has 2 aromatic rings. The summed E-state index contributed by atoms with van der Waals surface area (Å²) >= 11 is 6.79. The molecule has 0 fully saturated rings. The lowest BCUT2D eigenvalue weighted by Gasteiger charge is -2.09. The maximum atomic E-state index is 10.1. The van der Waals surface area contributed by atoms with Crippen LogP contribution >= 0.6 is 31.9 Å². The summed E-state index contributed by atoms with van der Waals surface area (Å²) in [6.45, 7) is 0. The van der Waals surface area contributed by atoms with Crippen LogP contribution in [0.2, 0.25) is 0 Å². The number of hydrazone groups is 1. The predicted molar refractivity (Wildman–Crippen MR) is 87.7 cm³/mol. The zero-order chi connectivity index (χ0) is 14.5. The van der Waals surface area contributed by atoms with Crippen LogP contribution in [0.3, 0.4) is 0 Å². The molecular formula is C14H12Br2N2O2. The molecule has 0 aliphatic rings. The molecule has 0 amide bonds. The zero-order valence-electron chi connectivity index (χ0n) is 10.6. The third-order valence-corrected chi connectivity index (χ3v) is 4.59. The van der Waals surface area contributed by atoms with E-state index in [1.807, 2.05) is 30.3 Å². The molecule has 0 aliphatic carbocycles. The Labute approximate surface area is 133 Å². The first-order chi connectivity index (χ1) is 9.63. The highest BCUT2D eigenvalue weighted by atomic mass is 79.9. The number of hydrogen-bond acceptors (Lipinski definition) is 4. The zero-order valence-corrected chi connectivity index (χ0v) is 13.8. The monoisotopic (exact) mass is 398 g/mol. The molecule has 2 N–H and O–H groups in total. The average Bonchev–Trinajstić information content (AvgIpc) is 2.47. The number of nitrogens with one attached hydrogen (secondary N) is 1. The number of phenolic OH excluding ortho intramolecular Hbond substituents is 1. The molecule has 2 rings (SSSR count). The smallest absolute Gasteiger partial charge is 0.167 e. The van der Waals surface area contributed by atoms with Gasteiger partial charge in [-0.3, -0.25) is 5.43 Å². The molecule has 6 heteroatoms. The third-order valence-electron chi connectivity index (χ3n) is 2.57. The van der Waals surface area contributed by atoms with Crippen LogP contribution in [0.15, 0.2) is 50.4 Å². The average molecular weight is 400 g/mol. The Morgan fingerprint density at radius 1 is 1.25 bits per heavy atom. The van der Waals surface area contributed by atoms with Crippen molar-refractivity contribution in [2.24, 2.45) is 5.10 Å². The third kappa shape index (κ3) is 3.32. The molecule has 0 atom stereocenters. The highest BCUT2D eigenvalue weighted by Crippen LogP contribution is 2.39. The van der Waals surface area contributed by atoms with Gasteiger partial charge in [-0.1, -0.05) is 18.2 Å². The number of hydrogen-bond donors (Lipinski definition) is 2. The minimum atomic E-state index is 0.0289. The van der Waals surface area contributed by atoms with Crippen LogP contribution in [0.1, 0.15) is 5.56 Å². The standard InChI is InChI=1S/C14H12Br2N2O2/c1-20-12-7-11(15)13(16)10(14(12)19)8-17-18-9-5-3-2-4-6-9/h2-8,18-19H,1H3. The summed E-state index contributed by atoms with van der Waals surface area (Å²) in [7, 11) is 1.50. The molecule has 0 spiro atoms. The summed E-state index contributed by atoms with van der Waals surface area (Å²) in [6.07, 6.45) is 1.53. The number of nitrogens with zero attached hydrogens (tertiary/aromatic N) is 1. The van der Waals surface area contributed by atoms with Gasteiger partial charge in [-0.05, 0) is 50.1 Å². The SMILES string of the molecule is COc1cc(Br)c(Br)c(C=NNc2ccccc2)c1O. The van der Waals surface area contributed by atoms with E-state index in [0.29, 0.717) is 15.8 Å². The van der Waals surface area contributed by atoms with Gasteiger partial charge in [-0.2, -0.15) is 5.10 Å². The summed E-state index contributed by atoms with van der Waals surface area (Å²) in [5.74, 6) is 0.405. The van der Waals surface area contributed by atoms with Crippen molar-refractivity contribution in [1.82, 2.24) is 0 Å². The number of anilines is 1. The summed E-state index contributed by atoms with van der Waals surface area (Å²) in [5.41, 5.74) is 4.28. The van der Waals surface area contributed by atoms with Gasteiger partial charge in [0.25, 0.3) is 0 Å². The minimum absolute atomic E-state index is 0.0289. The van der Waals surface area contributed by atoms with Crippen molar-refractivity contribution in [1.29, 1.82) is 0 Å². The van der Waals surface area contributed by atoms with Crippen molar-refractivity contribution in [3.05, 3.63) is 50.9 Å². The molecule has 4 nitrogen and oxygen atoms in total. The second-order valence-electron chi connectivity index (χ2n) is 3.87. The van der Waals surface area contributed by atoms with Crippen molar-refractivity contribution in [2.75, 3.05) is 12.5 Å². The van der Waals surface area contributed by atoms with E-state index in [1.54, 1.807) is 6.07 Å². The van der Waals surface area contributed by atoms with Gasteiger partial charge in [0, 0.05) is 8.95 Å². The van der Waals surface area contributed by atoms with Crippen LogP contribution in [0.5, 0.6) is 11.5 Å². The fourth-order valence-corrected chi connectivity index (χ4v) is 2.40. The van der Waals surface area contributed by atoms with E-state index in [1.165, 1.54) is 13.3 Å². The molecule has 0 aliphatic heterocycles. The minimum Gasteiger partial charge on any atom is -0.504 e.